The summed E-state index contributed by atoms with van der Waals surface area (Å²) in [5.41, 5.74) is 2.92. The van der Waals surface area contributed by atoms with Crippen LogP contribution in [-0.2, 0) is 4.74 Å². The van der Waals surface area contributed by atoms with Gasteiger partial charge in [0.15, 0.2) is 0 Å². The number of esters is 1. The zero-order chi connectivity index (χ0) is 21.6. The highest BCUT2D eigenvalue weighted by molar-refractivity contribution is 6.00. The van der Waals surface area contributed by atoms with Crippen molar-refractivity contribution in [1.82, 2.24) is 0 Å². The lowest BCUT2D eigenvalue weighted by Gasteiger charge is -2.21. The molecular formula is C28H26O3. The van der Waals surface area contributed by atoms with E-state index >= 15 is 0 Å². The van der Waals surface area contributed by atoms with Crippen molar-refractivity contribution in [2.45, 2.75) is 32.5 Å². The van der Waals surface area contributed by atoms with Crippen LogP contribution in [0.15, 0.2) is 97.1 Å². The van der Waals surface area contributed by atoms with E-state index in [1.165, 1.54) is 11.1 Å². The zero-order valence-corrected chi connectivity index (χ0v) is 17.8. The van der Waals surface area contributed by atoms with E-state index in [0.717, 1.165) is 16.5 Å². The molecule has 0 heterocycles. The molecule has 0 aliphatic carbocycles. The van der Waals surface area contributed by atoms with Crippen LogP contribution in [-0.4, -0.2) is 18.2 Å². The number of fused-ring (bicyclic) bond motifs is 1. The van der Waals surface area contributed by atoms with Crippen LogP contribution >= 0.6 is 0 Å². The Labute approximate surface area is 183 Å². The first-order valence-corrected chi connectivity index (χ1v) is 10.6. The SMILES string of the molecule is C[C@H](C[C@H](C)Oc1ccc(-c2ccccc2)c2ccccc12)OC(=O)c1ccccc1. The number of hydrogen-bond donors (Lipinski definition) is 0. The van der Waals surface area contributed by atoms with Crippen LogP contribution in [0.1, 0.15) is 30.6 Å². The number of hydrogen-bond acceptors (Lipinski definition) is 3. The maximum absolute atomic E-state index is 12.3. The maximum Gasteiger partial charge on any atom is 0.338 e. The van der Waals surface area contributed by atoms with Crippen LogP contribution < -0.4 is 4.74 Å². The minimum Gasteiger partial charge on any atom is -0.490 e. The molecule has 0 aliphatic heterocycles. The molecule has 0 N–H and O–H groups in total. The van der Waals surface area contributed by atoms with Gasteiger partial charge in [0.25, 0.3) is 0 Å². The molecule has 4 rings (SSSR count). The van der Waals surface area contributed by atoms with E-state index in [1.54, 1.807) is 12.1 Å². The van der Waals surface area contributed by atoms with Crippen LogP contribution in [0.4, 0.5) is 0 Å². The molecule has 0 aliphatic rings. The van der Waals surface area contributed by atoms with Crippen molar-refractivity contribution >= 4 is 16.7 Å². The second kappa shape index (κ2) is 9.48. The summed E-state index contributed by atoms with van der Waals surface area (Å²) >= 11 is 0. The van der Waals surface area contributed by atoms with Crippen LogP contribution in [0.25, 0.3) is 21.9 Å². The highest BCUT2D eigenvalue weighted by atomic mass is 16.5. The molecule has 156 valence electrons. The number of carbonyl (C=O) groups is 1. The van der Waals surface area contributed by atoms with Gasteiger partial charge >= 0.3 is 5.97 Å². The Morgan fingerprint density at radius 2 is 1.32 bits per heavy atom. The fourth-order valence-corrected chi connectivity index (χ4v) is 3.85. The van der Waals surface area contributed by atoms with Gasteiger partial charge in [-0.3, -0.25) is 0 Å². The molecule has 0 spiro atoms. The van der Waals surface area contributed by atoms with E-state index < -0.39 is 0 Å². The Kier molecular flexibility index (Phi) is 6.32. The lowest BCUT2D eigenvalue weighted by Crippen LogP contribution is -2.23. The Morgan fingerprint density at radius 1 is 0.710 bits per heavy atom. The van der Waals surface area contributed by atoms with Gasteiger partial charge in [-0.25, -0.2) is 4.79 Å². The van der Waals surface area contributed by atoms with Gasteiger partial charge in [0.2, 0.25) is 0 Å². The van der Waals surface area contributed by atoms with E-state index in [9.17, 15) is 4.79 Å². The molecule has 3 nitrogen and oxygen atoms in total. The van der Waals surface area contributed by atoms with Gasteiger partial charge in [-0.05, 0) is 48.6 Å². The van der Waals surface area contributed by atoms with E-state index in [2.05, 4.69) is 42.5 Å². The molecule has 0 amide bonds. The van der Waals surface area contributed by atoms with Gasteiger partial charge in [0, 0.05) is 11.8 Å². The molecule has 0 unspecified atom stereocenters. The van der Waals surface area contributed by atoms with Gasteiger partial charge < -0.3 is 9.47 Å². The Hall–Kier alpha value is -3.59. The largest absolute Gasteiger partial charge is 0.490 e. The third kappa shape index (κ3) is 4.95. The van der Waals surface area contributed by atoms with Crippen LogP contribution in [0.5, 0.6) is 5.75 Å². The molecule has 4 aromatic rings. The summed E-state index contributed by atoms with van der Waals surface area (Å²) in [4.78, 5) is 12.3. The number of carbonyl (C=O) groups excluding carboxylic acids is 1. The Balaban J connectivity index is 1.48. The Bertz CT molecular complexity index is 1150. The molecule has 0 fully saturated rings. The monoisotopic (exact) mass is 410 g/mol. The van der Waals surface area contributed by atoms with Gasteiger partial charge in [0.05, 0.1) is 11.7 Å². The summed E-state index contributed by atoms with van der Waals surface area (Å²) in [7, 11) is 0. The third-order valence-corrected chi connectivity index (χ3v) is 5.28. The highest BCUT2D eigenvalue weighted by Gasteiger charge is 2.17. The summed E-state index contributed by atoms with van der Waals surface area (Å²) in [6.45, 7) is 3.91. The molecule has 2 atom stereocenters. The lowest BCUT2D eigenvalue weighted by atomic mass is 9.98. The van der Waals surface area contributed by atoms with Gasteiger partial charge in [-0.2, -0.15) is 0 Å². The minimum atomic E-state index is -0.307. The average Bonchev–Trinajstić information content (AvgIpc) is 2.80. The normalized spacial score (nSPS) is 12.8. The third-order valence-electron chi connectivity index (χ3n) is 5.28. The summed E-state index contributed by atoms with van der Waals surface area (Å²) in [6, 6.07) is 31.8. The molecule has 3 heteroatoms. The van der Waals surface area contributed by atoms with E-state index in [4.69, 9.17) is 9.47 Å². The van der Waals surface area contributed by atoms with Crippen LogP contribution in [0, 0.1) is 0 Å². The second-order valence-electron chi connectivity index (χ2n) is 7.77. The maximum atomic E-state index is 12.3. The molecule has 0 radical (unpaired) electrons. The van der Waals surface area contributed by atoms with E-state index in [1.807, 2.05) is 56.3 Å². The first-order chi connectivity index (χ1) is 15.1. The number of benzene rings is 4. The highest BCUT2D eigenvalue weighted by Crippen LogP contribution is 2.35. The first kappa shape index (κ1) is 20.7. The summed E-state index contributed by atoms with van der Waals surface area (Å²) in [5.74, 6) is 0.530. The molecule has 0 saturated heterocycles. The topological polar surface area (TPSA) is 35.5 Å². The summed E-state index contributed by atoms with van der Waals surface area (Å²) in [5, 5.41) is 2.23. The number of ether oxygens (including phenoxy) is 2. The van der Waals surface area contributed by atoms with Crippen molar-refractivity contribution in [2.24, 2.45) is 0 Å². The molecule has 31 heavy (non-hydrogen) atoms. The van der Waals surface area contributed by atoms with Crippen LogP contribution in [0.2, 0.25) is 0 Å². The van der Waals surface area contributed by atoms with Crippen molar-refractivity contribution < 1.29 is 14.3 Å². The van der Waals surface area contributed by atoms with E-state index in [0.29, 0.717) is 12.0 Å². The van der Waals surface area contributed by atoms with Crippen molar-refractivity contribution in [3.8, 4) is 16.9 Å². The molecular weight excluding hydrogens is 384 g/mol. The van der Waals surface area contributed by atoms with Crippen molar-refractivity contribution in [2.75, 3.05) is 0 Å². The second-order valence-corrected chi connectivity index (χ2v) is 7.77. The standard InChI is InChI=1S/C28H26O3/c1-20(19-21(2)31-28(29)23-13-7-4-8-14-23)30-27-18-17-24(22-11-5-3-6-12-22)25-15-9-10-16-26(25)27/h3-18,20-21H,19H2,1-2H3/t20-,21+/m0/s1. The average molecular weight is 411 g/mol. The first-order valence-electron chi connectivity index (χ1n) is 10.6. The van der Waals surface area contributed by atoms with Crippen molar-refractivity contribution in [1.29, 1.82) is 0 Å². The molecule has 0 bridgehead atoms. The fourth-order valence-electron chi connectivity index (χ4n) is 3.85. The smallest absolute Gasteiger partial charge is 0.338 e. The van der Waals surface area contributed by atoms with E-state index in [-0.39, 0.29) is 18.2 Å². The predicted octanol–water partition coefficient (Wildman–Crippen LogP) is 6.91. The molecule has 0 aromatic heterocycles. The molecule has 0 saturated carbocycles. The predicted molar refractivity (Wildman–Crippen MR) is 125 cm³/mol. The molecule has 4 aromatic carbocycles. The Morgan fingerprint density at radius 3 is 2.03 bits per heavy atom. The summed E-state index contributed by atoms with van der Waals surface area (Å²) < 4.78 is 11.9. The van der Waals surface area contributed by atoms with Crippen molar-refractivity contribution in [3.63, 3.8) is 0 Å². The minimum absolute atomic E-state index is 0.107. The van der Waals surface area contributed by atoms with Gasteiger partial charge in [-0.15, -0.1) is 0 Å². The zero-order valence-electron chi connectivity index (χ0n) is 17.8. The van der Waals surface area contributed by atoms with Gasteiger partial charge in [-0.1, -0.05) is 78.9 Å². The lowest BCUT2D eigenvalue weighted by molar-refractivity contribution is 0.0244. The fraction of sp³-hybridized carbons (Fsp3) is 0.179. The van der Waals surface area contributed by atoms with Crippen molar-refractivity contribution in [3.05, 3.63) is 103 Å². The number of rotatable bonds is 7. The summed E-state index contributed by atoms with van der Waals surface area (Å²) in [6.07, 6.45) is 0.245. The van der Waals surface area contributed by atoms with Gasteiger partial charge in [0.1, 0.15) is 11.9 Å². The van der Waals surface area contributed by atoms with Crippen LogP contribution in [0.3, 0.4) is 0 Å². The quantitative estimate of drug-likeness (QED) is 0.311.